The summed E-state index contributed by atoms with van der Waals surface area (Å²) in [6.07, 6.45) is 0. The van der Waals surface area contributed by atoms with Crippen LogP contribution >= 0.6 is 0 Å². The molecule has 0 heterocycles. The SMILES string of the molecule is Cc1ccccc1CN(C)c1ccc(F)cc1C(=O)O. The van der Waals surface area contributed by atoms with E-state index in [0.29, 0.717) is 12.2 Å². The van der Waals surface area contributed by atoms with E-state index in [1.807, 2.05) is 36.1 Å². The van der Waals surface area contributed by atoms with Crippen molar-refractivity contribution >= 4 is 11.7 Å². The Morgan fingerprint density at radius 2 is 1.95 bits per heavy atom. The first kappa shape index (κ1) is 14.1. The summed E-state index contributed by atoms with van der Waals surface area (Å²) in [6, 6.07) is 11.7. The molecule has 2 aromatic rings. The highest BCUT2D eigenvalue weighted by Gasteiger charge is 2.15. The van der Waals surface area contributed by atoms with Gasteiger partial charge in [-0.25, -0.2) is 9.18 Å². The molecule has 3 nitrogen and oxygen atoms in total. The van der Waals surface area contributed by atoms with E-state index in [4.69, 9.17) is 5.11 Å². The molecule has 0 radical (unpaired) electrons. The summed E-state index contributed by atoms with van der Waals surface area (Å²) >= 11 is 0. The number of benzene rings is 2. The average Bonchev–Trinajstić information content (AvgIpc) is 2.41. The first-order valence-electron chi connectivity index (χ1n) is 6.27. The normalized spacial score (nSPS) is 10.3. The van der Waals surface area contributed by atoms with Crippen LogP contribution in [0.25, 0.3) is 0 Å². The number of hydrogen-bond donors (Lipinski definition) is 1. The second-order valence-corrected chi connectivity index (χ2v) is 4.75. The molecule has 0 unspecified atom stereocenters. The van der Waals surface area contributed by atoms with E-state index in [1.54, 1.807) is 7.05 Å². The fourth-order valence-corrected chi connectivity index (χ4v) is 2.14. The molecule has 2 aromatic carbocycles. The van der Waals surface area contributed by atoms with Crippen LogP contribution in [-0.4, -0.2) is 18.1 Å². The lowest BCUT2D eigenvalue weighted by atomic mass is 10.1. The highest BCUT2D eigenvalue weighted by Crippen LogP contribution is 2.23. The quantitative estimate of drug-likeness (QED) is 0.927. The minimum Gasteiger partial charge on any atom is -0.478 e. The maximum absolute atomic E-state index is 13.2. The van der Waals surface area contributed by atoms with E-state index in [2.05, 4.69) is 0 Å². The molecular weight excluding hydrogens is 257 g/mol. The standard InChI is InChI=1S/C16H16FNO2/c1-11-5-3-4-6-12(11)10-18(2)15-8-7-13(17)9-14(15)16(19)20/h3-9H,10H2,1-2H3,(H,19,20). The van der Waals surface area contributed by atoms with E-state index < -0.39 is 11.8 Å². The summed E-state index contributed by atoms with van der Waals surface area (Å²) < 4.78 is 13.2. The van der Waals surface area contributed by atoms with Crippen LogP contribution in [0.4, 0.5) is 10.1 Å². The zero-order chi connectivity index (χ0) is 14.7. The predicted molar refractivity (Wildman–Crippen MR) is 76.6 cm³/mol. The number of carbonyl (C=O) groups is 1. The molecule has 0 bridgehead atoms. The Labute approximate surface area is 117 Å². The molecule has 0 aliphatic carbocycles. The van der Waals surface area contributed by atoms with Crippen molar-refractivity contribution in [2.24, 2.45) is 0 Å². The molecule has 0 fully saturated rings. The number of carboxylic acids is 1. The van der Waals surface area contributed by atoms with Crippen LogP contribution in [-0.2, 0) is 6.54 Å². The number of nitrogens with zero attached hydrogens (tertiary/aromatic N) is 1. The molecule has 104 valence electrons. The van der Waals surface area contributed by atoms with Gasteiger partial charge in [-0.05, 0) is 36.2 Å². The van der Waals surface area contributed by atoms with Crippen LogP contribution in [0.5, 0.6) is 0 Å². The van der Waals surface area contributed by atoms with E-state index >= 15 is 0 Å². The zero-order valence-corrected chi connectivity index (χ0v) is 11.4. The van der Waals surface area contributed by atoms with Gasteiger partial charge in [-0.2, -0.15) is 0 Å². The van der Waals surface area contributed by atoms with Gasteiger partial charge in [0.1, 0.15) is 5.82 Å². The minimum absolute atomic E-state index is 0.0268. The second kappa shape index (κ2) is 5.74. The van der Waals surface area contributed by atoms with Crippen LogP contribution < -0.4 is 4.90 Å². The van der Waals surface area contributed by atoms with Gasteiger partial charge < -0.3 is 10.0 Å². The summed E-state index contributed by atoms with van der Waals surface area (Å²) in [5.41, 5.74) is 2.72. The number of hydrogen-bond acceptors (Lipinski definition) is 2. The van der Waals surface area contributed by atoms with E-state index in [9.17, 15) is 9.18 Å². The molecule has 20 heavy (non-hydrogen) atoms. The molecule has 0 amide bonds. The third kappa shape index (κ3) is 2.96. The van der Waals surface area contributed by atoms with Gasteiger partial charge in [0.05, 0.1) is 11.3 Å². The Balaban J connectivity index is 2.32. The largest absolute Gasteiger partial charge is 0.478 e. The maximum Gasteiger partial charge on any atom is 0.337 e. The molecule has 2 rings (SSSR count). The van der Waals surface area contributed by atoms with Crippen LogP contribution in [0.2, 0.25) is 0 Å². The lowest BCUT2D eigenvalue weighted by Crippen LogP contribution is -2.20. The molecule has 1 N–H and O–H groups in total. The number of rotatable bonds is 4. The van der Waals surface area contributed by atoms with Gasteiger partial charge in [-0.3, -0.25) is 0 Å². The van der Waals surface area contributed by atoms with Gasteiger partial charge >= 0.3 is 5.97 Å². The summed E-state index contributed by atoms with van der Waals surface area (Å²) in [6.45, 7) is 2.57. The Hall–Kier alpha value is -2.36. The van der Waals surface area contributed by atoms with Crippen molar-refractivity contribution in [1.82, 2.24) is 0 Å². The van der Waals surface area contributed by atoms with Crippen LogP contribution in [0.1, 0.15) is 21.5 Å². The highest BCUT2D eigenvalue weighted by molar-refractivity contribution is 5.94. The fourth-order valence-electron chi connectivity index (χ4n) is 2.14. The zero-order valence-electron chi connectivity index (χ0n) is 11.4. The molecular formula is C16H16FNO2. The molecule has 0 aliphatic heterocycles. The number of halogens is 1. The van der Waals surface area contributed by atoms with Crippen LogP contribution in [0.3, 0.4) is 0 Å². The lowest BCUT2D eigenvalue weighted by Gasteiger charge is -2.22. The maximum atomic E-state index is 13.2. The smallest absolute Gasteiger partial charge is 0.337 e. The molecule has 0 saturated carbocycles. The molecule has 0 aliphatic rings. The van der Waals surface area contributed by atoms with Crippen molar-refractivity contribution in [2.75, 3.05) is 11.9 Å². The van der Waals surface area contributed by atoms with Crippen molar-refractivity contribution in [2.45, 2.75) is 13.5 Å². The topological polar surface area (TPSA) is 40.5 Å². The summed E-state index contributed by atoms with van der Waals surface area (Å²) in [4.78, 5) is 13.0. The minimum atomic E-state index is -1.13. The summed E-state index contributed by atoms with van der Waals surface area (Å²) in [5.74, 6) is -1.67. The van der Waals surface area contributed by atoms with Crippen LogP contribution in [0.15, 0.2) is 42.5 Å². The van der Waals surface area contributed by atoms with Gasteiger partial charge in [0, 0.05) is 13.6 Å². The molecule has 0 aromatic heterocycles. The van der Waals surface area contributed by atoms with Gasteiger partial charge in [0.2, 0.25) is 0 Å². The van der Waals surface area contributed by atoms with Gasteiger partial charge in [-0.15, -0.1) is 0 Å². The van der Waals surface area contributed by atoms with Crippen molar-refractivity contribution in [3.8, 4) is 0 Å². The predicted octanol–water partition coefficient (Wildman–Crippen LogP) is 3.47. The Bertz CT molecular complexity index is 640. The van der Waals surface area contributed by atoms with Crippen molar-refractivity contribution in [3.05, 3.63) is 65.0 Å². The number of anilines is 1. The van der Waals surface area contributed by atoms with Crippen molar-refractivity contribution in [1.29, 1.82) is 0 Å². The van der Waals surface area contributed by atoms with E-state index in [0.717, 1.165) is 17.2 Å². The van der Waals surface area contributed by atoms with Gasteiger partial charge in [0.15, 0.2) is 0 Å². The van der Waals surface area contributed by atoms with Crippen molar-refractivity contribution < 1.29 is 14.3 Å². The number of carboxylic acid groups (broad SMARTS) is 1. The average molecular weight is 273 g/mol. The Kier molecular flexibility index (Phi) is 4.03. The molecule has 0 saturated heterocycles. The van der Waals surface area contributed by atoms with E-state index in [1.165, 1.54) is 12.1 Å². The molecule has 4 heteroatoms. The first-order valence-corrected chi connectivity index (χ1v) is 6.27. The van der Waals surface area contributed by atoms with Crippen LogP contribution in [0, 0.1) is 12.7 Å². The van der Waals surface area contributed by atoms with Gasteiger partial charge in [-0.1, -0.05) is 24.3 Å². The number of aromatic carboxylic acids is 1. The summed E-state index contributed by atoms with van der Waals surface area (Å²) in [5, 5.41) is 9.17. The second-order valence-electron chi connectivity index (χ2n) is 4.75. The third-order valence-corrected chi connectivity index (χ3v) is 3.27. The van der Waals surface area contributed by atoms with Crippen molar-refractivity contribution in [3.63, 3.8) is 0 Å². The highest BCUT2D eigenvalue weighted by atomic mass is 19.1. The Morgan fingerprint density at radius 3 is 2.60 bits per heavy atom. The molecule has 0 atom stereocenters. The summed E-state index contributed by atoms with van der Waals surface area (Å²) in [7, 11) is 1.80. The number of aryl methyl sites for hydroxylation is 1. The fraction of sp³-hybridized carbons (Fsp3) is 0.188. The molecule has 0 spiro atoms. The third-order valence-electron chi connectivity index (χ3n) is 3.27. The lowest BCUT2D eigenvalue weighted by molar-refractivity contribution is 0.0697. The monoisotopic (exact) mass is 273 g/mol. The Morgan fingerprint density at radius 1 is 1.25 bits per heavy atom. The van der Waals surface area contributed by atoms with E-state index in [-0.39, 0.29) is 5.56 Å². The first-order chi connectivity index (χ1) is 9.49. The van der Waals surface area contributed by atoms with Gasteiger partial charge in [0.25, 0.3) is 0 Å².